The molecule has 1 amide bonds. The third-order valence-electron chi connectivity index (χ3n) is 4.64. The number of rotatable bonds is 7. The average molecular weight is 373 g/mol. The second-order valence-electron chi connectivity index (χ2n) is 6.47. The Balaban J connectivity index is 1.65. The number of quaternary nitrogens is 1. The molecule has 0 spiro atoms. The summed E-state index contributed by atoms with van der Waals surface area (Å²) in [6.07, 6.45) is 2.91. The first kappa shape index (κ1) is 18.6. The van der Waals surface area contributed by atoms with E-state index in [4.69, 9.17) is 4.74 Å². The van der Waals surface area contributed by atoms with Gasteiger partial charge in [0.05, 0.1) is 12.2 Å². The van der Waals surface area contributed by atoms with Crippen LogP contribution < -0.4 is 10.6 Å². The molecule has 0 saturated carbocycles. The van der Waals surface area contributed by atoms with Gasteiger partial charge in [0.25, 0.3) is 5.91 Å². The molecule has 6 heteroatoms. The molecule has 138 valence electrons. The highest BCUT2D eigenvalue weighted by molar-refractivity contribution is 7.17. The van der Waals surface area contributed by atoms with Crippen LogP contribution in [-0.4, -0.2) is 25.0 Å². The number of thiophene rings is 1. The van der Waals surface area contributed by atoms with Gasteiger partial charge in [-0.25, -0.2) is 4.79 Å². The minimum atomic E-state index is -0.330. The number of anilines is 1. The number of nitrogens with one attached hydrogen (secondary N) is 1. The highest BCUT2D eigenvalue weighted by Gasteiger charge is 2.28. The van der Waals surface area contributed by atoms with Gasteiger partial charge >= 0.3 is 5.97 Å². The summed E-state index contributed by atoms with van der Waals surface area (Å²) >= 11 is 1.52. The van der Waals surface area contributed by atoms with Crippen molar-refractivity contribution in [2.75, 3.05) is 18.5 Å². The summed E-state index contributed by atoms with van der Waals surface area (Å²) in [6, 6.07) is 10.3. The lowest BCUT2D eigenvalue weighted by atomic mass is 10.1. The maximum atomic E-state index is 12.4. The maximum Gasteiger partial charge on any atom is 0.341 e. The van der Waals surface area contributed by atoms with Crippen molar-refractivity contribution in [1.29, 1.82) is 0 Å². The SMILES string of the molecule is CCOC(=O)c1c(NC(=O)C[NH2+][C@H](C)c2ccccc2)sc2c1CCC2. The molecule has 0 radical (unpaired) electrons. The van der Waals surface area contributed by atoms with E-state index in [9.17, 15) is 9.59 Å². The van der Waals surface area contributed by atoms with E-state index in [0.29, 0.717) is 23.7 Å². The molecule has 0 unspecified atom stereocenters. The summed E-state index contributed by atoms with van der Waals surface area (Å²) in [7, 11) is 0. The summed E-state index contributed by atoms with van der Waals surface area (Å²) in [6.45, 7) is 4.51. The van der Waals surface area contributed by atoms with Gasteiger partial charge in [0.2, 0.25) is 0 Å². The van der Waals surface area contributed by atoms with Crippen molar-refractivity contribution in [3.05, 3.63) is 51.9 Å². The molecule has 1 aliphatic carbocycles. The number of aryl methyl sites for hydroxylation is 1. The van der Waals surface area contributed by atoms with E-state index >= 15 is 0 Å². The molecule has 5 nitrogen and oxygen atoms in total. The minimum Gasteiger partial charge on any atom is -0.462 e. The van der Waals surface area contributed by atoms with E-state index in [2.05, 4.69) is 24.4 Å². The van der Waals surface area contributed by atoms with Crippen LogP contribution in [0.15, 0.2) is 30.3 Å². The Morgan fingerprint density at radius 1 is 1.27 bits per heavy atom. The lowest BCUT2D eigenvalue weighted by Crippen LogP contribution is -2.86. The molecule has 26 heavy (non-hydrogen) atoms. The second kappa shape index (κ2) is 8.47. The minimum absolute atomic E-state index is 0.0988. The Labute approximate surface area is 157 Å². The Morgan fingerprint density at radius 3 is 2.77 bits per heavy atom. The zero-order chi connectivity index (χ0) is 18.5. The second-order valence-corrected chi connectivity index (χ2v) is 7.57. The van der Waals surface area contributed by atoms with Gasteiger partial charge in [-0.05, 0) is 38.7 Å². The zero-order valence-electron chi connectivity index (χ0n) is 15.2. The number of hydrogen-bond acceptors (Lipinski definition) is 4. The molecule has 0 aliphatic heterocycles. The largest absolute Gasteiger partial charge is 0.462 e. The van der Waals surface area contributed by atoms with Crippen LogP contribution in [0, 0.1) is 0 Å². The van der Waals surface area contributed by atoms with Gasteiger partial charge in [0.1, 0.15) is 11.0 Å². The van der Waals surface area contributed by atoms with Gasteiger partial charge in [0, 0.05) is 10.4 Å². The molecular weight excluding hydrogens is 348 g/mol. The van der Waals surface area contributed by atoms with Crippen molar-refractivity contribution in [1.82, 2.24) is 0 Å². The fraction of sp³-hybridized carbons (Fsp3) is 0.400. The summed E-state index contributed by atoms with van der Waals surface area (Å²) in [5.41, 5.74) is 2.81. The standard InChI is InChI=1S/C20H24N2O3S/c1-3-25-20(24)18-15-10-7-11-16(15)26-19(18)22-17(23)12-21-13(2)14-8-5-4-6-9-14/h4-6,8-9,13,21H,3,7,10-12H2,1-2H3,(H,22,23)/p+1/t13-/m1/s1. The van der Waals surface area contributed by atoms with Crippen molar-refractivity contribution < 1.29 is 19.6 Å². The first-order chi connectivity index (χ1) is 12.6. The zero-order valence-corrected chi connectivity index (χ0v) is 16.0. The maximum absolute atomic E-state index is 12.4. The first-order valence-electron chi connectivity index (χ1n) is 9.10. The fourth-order valence-corrected chi connectivity index (χ4v) is 4.56. The average Bonchev–Trinajstić information content (AvgIpc) is 3.21. The third kappa shape index (κ3) is 4.14. The molecule has 0 fully saturated rings. The Bertz CT molecular complexity index is 786. The molecule has 1 aliphatic rings. The van der Waals surface area contributed by atoms with Crippen molar-refractivity contribution >= 4 is 28.2 Å². The van der Waals surface area contributed by atoms with Gasteiger partial charge in [-0.2, -0.15) is 0 Å². The smallest absolute Gasteiger partial charge is 0.341 e. The summed E-state index contributed by atoms with van der Waals surface area (Å²) in [4.78, 5) is 26.0. The Morgan fingerprint density at radius 2 is 2.04 bits per heavy atom. The number of fused-ring (bicyclic) bond motifs is 1. The normalized spacial score (nSPS) is 13.9. The van der Waals surface area contributed by atoms with E-state index in [1.807, 2.05) is 23.5 Å². The molecule has 1 aromatic heterocycles. The van der Waals surface area contributed by atoms with Crippen LogP contribution >= 0.6 is 11.3 Å². The van der Waals surface area contributed by atoms with E-state index in [0.717, 1.165) is 24.8 Å². The van der Waals surface area contributed by atoms with Crippen molar-refractivity contribution in [2.24, 2.45) is 0 Å². The van der Waals surface area contributed by atoms with Crippen LogP contribution in [0.2, 0.25) is 0 Å². The molecular formula is C20H25N2O3S+. The molecule has 3 N–H and O–H groups in total. The van der Waals surface area contributed by atoms with Gasteiger partial charge in [-0.15, -0.1) is 11.3 Å². The van der Waals surface area contributed by atoms with Crippen LogP contribution in [0.4, 0.5) is 5.00 Å². The van der Waals surface area contributed by atoms with Crippen molar-refractivity contribution in [2.45, 2.75) is 39.2 Å². The third-order valence-corrected chi connectivity index (χ3v) is 5.84. The topological polar surface area (TPSA) is 72.0 Å². The number of hydrogen-bond donors (Lipinski definition) is 2. The number of esters is 1. The Kier molecular flexibility index (Phi) is 6.06. The van der Waals surface area contributed by atoms with Crippen molar-refractivity contribution in [3.63, 3.8) is 0 Å². The van der Waals surface area contributed by atoms with Crippen LogP contribution in [0.25, 0.3) is 0 Å². The number of carbonyl (C=O) groups excluding carboxylic acids is 2. The van der Waals surface area contributed by atoms with E-state index in [-0.39, 0.29) is 17.9 Å². The summed E-state index contributed by atoms with van der Waals surface area (Å²) in [5, 5.41) is 5.57. The van der Waals surface area contributed by atoms with Crippen molar-refractivity contribution in [3.8, 4) is 0 Å². The molecule has 2 aromatic rings. The molecule has 3 rings (SSSR count). The van der Waals surface area contributed by atoms with Gasteiger partial charge in [-0.3, -0.25) is 4.79 Å². The molecule has 0 bridgehead atoms. The van der Waals surface area contributed by atoms with Gasteiger partial charge in [0.15, 0.2) is 6.54 Å². The summed E-state index contributed by atoms with van der Waals surface area (Å²) in [5.74, 6) is -0.429. The monoisotopic (exact) mass is 373 g/mol. The highest BCUT2D eigenvalue weighted by atomic mass is 32.1. The molecule has 1 heterocycles. The number of nitrogens with two attached hydrogens (primary N) is 1. The number of ether oxygens (including phenoxy) is 1. The van der Waals surface area contributed by atoms with E-state index in [1.165, 1.54) is 21.8 Å². The van der Waals surface area contributed by atoms with E-state index < -0.39 is 0 Å². The summed E-state index contributed by atoms with van der Waals surface area (Å²) < 4.78 is 5.20. The fourth-order valence-electron chi connectivity index (χ4n) is 3.27. The number of carbonyl (C=O) groups is 2. The lowest BCUT2D eigenvalue weighted by Gasteiger charge is -2.11. The lowest BCUT2D eigenvalue weighted by molar-refractivity contribution is -0.682. The van der Waals surface area contributed by atoms with Gasteiger partial charge in [-0.1, -0.05) is 30.3 Å². The molecule has 0 saturated heterocycles. The number of benzene rings is 1. The highest BCUT2D eigenvalue weighted by Crippen LogP contribution is 2.39. The predicted molar refractivity (Wildman–Crippen MR) is 103 cm³/mol. The van der Waals surface area contributed by atoms with Crippen LogP contribution in [0.3, 0.4) is 0 Å². The van der Waals surface area contributed by atoms with Crippen LogP contribution in [-0.2, 0) is 22.4 Å². The molecule has 1 aromatic carbocycles. The van der Waals surface area contributed by atoms with Crippen LogP contribution in [0.5, 0.6) is 0 Å². The first-order valence-corrected chi connectivity index (χ1v) is 9.91. The van der Waals surface area contributed by atoms with Crippen LogP contribution in [0.1, 0.15) is 52.7 Å². The quantitative estimate of drug-likeness (QED) is 0.733. The predicted octanol–water partition coefficient (Wildman–Crippen LogP) is 2.68. The number of amides is 1. The van der Waals surface area contributed by atoms with E-state index in [1.54, 1.807) is 6.92 Å². The Hall–Kier alpha value is -2.18. The van der Waals surface area contributed by atoms with Gasteiger partial charge < -0.3 is 15.4 Å². The molecule has 1 atom stereocenters.